The van der Waals surface area contributed by atoms with Crippen molar-refractivity contribution in [2.24, 2.45) is 0 Å². The van der Waals surface area contributed by atoms with E-state index in [0.29, 0.717) is 29.7 Å². The first-order valence-electron chi connectivity index (χ1n) is 5.53. The van der Waals surface area contributed by atoms with Crippen molar-refractivity contribution in [2.75, 3.05) is 20.3 Å². The van der Waals surface area contributed by atoms with Crippen molar-refractivity contribution >= 4 is 24.0 Å². The van der Waals surface area contributed by atoms with Crippen LogP contribution in [0.5, 0.6) is 11.5 Å². The standard InChI is InChI=1S/C13H18ClNO2.ClH/c1-4-6-15-9-10-7-11(14)13(17-5-2)12(8-10)16-3;/h4,7-8,15H,1,5-6,9H2,2-3H3;1H. The molecule has 0 heterocycles. The zero-order chi connectivity index (χ0) is 12.7. The van der Waals surface area contributed by atoms with Gasteiger partial charge in [-0.3, -0.25) is 0 Å². The van der Waals surface area contributed by atoms with E-state index in [1.165, 1.54) is 0 Å². The second-order valence-corrected chi connectivity index (χ2v) is 3.87. The van der Waals surface area contributed by atoms with Gasteiger partial charge in [-0.2, -0.15) is 0 Å². The Bertz CT molecular complexity index is 383. The van der Waals surface area contributed by atoms with E-state index in [4.69, 9.17) is 21.1 Å². The SMILES string of the molecule is C=CCNCc1cc(Cl)c(OCC)c(OC)c1.Cl. The molecule has 0 radical (unpaired) electrons. The van der Waals surface area contributed by atoms with Gasteiger partial charge in [-0.05, 0) is 24.6 Å². The molecule has 0 spiro atoms. The lowest BCUT2D eigenvalue weighted by atomic mass is 10.2. The Hall–Kier alpha value is -0.900. The fourth-order valence-corrected chi connectivity index (χ4v) is 1.77. The lowest BCUT2D eigenvalue weighted by molar-refractivity contribution is 0.311. The molecule has 0 atom stereocenters. The van der Waals surface area contributed by atoms with Gasteiger partial charge in [0.15, 0.2) is 11.5 Å². The van der Waals surface area contributed by atoms with Crippen LogP contribution >= 0.6 is 24.0 Å². The molecule has 18 heavy (non-hydrogen) atoms. The number of ether oxygens (including phenoxy) is 2. The molecule has 0 saturated carbocycles. The fourth-order valence-electron chi connectivity index (χ4n) is 1.48. The van der Waals surface area contributed by atoms with Crippen molar-refractivity contribution in [2.45, 2.75) is 13.5 Å². The van der Waals surface area contributed by atoms with E-state index in [0.717, 1.165) is 12.1 Å². The van der Waals surface area contributed by atoms with E-state index in [-0.39, 0.29) is 12.4 Å². The summed E-state index contributed by atoms with van der Waals surface area (Å²) in [4.78, 5) is 0. The first kappa shape index (κ1) is 17.1. The fraction of sp³-hybridized carbons (Fsp3) is 0.385. The summed E-state index contributed by atoms with van der Waals surface area (Å²) in [6, 6.07) is 3.80. The number of benzene rings is 1. The largest absolute Gasteiger partial charge is 0.493 e. The zero-order valence-corrected chi connectivity index (χ0v) is 12.2. The van der Waals surface area contributed by atoms with Gasteiger partial charge in [0.05, 0.1) is 18.7 Å². The molecule has 1 N–H and O–H groups in total. The van der Waals surface area contributed by atoms with Gasteiger partial charge >= 0.3 is 0 Å². The van der Waals surface area contributed by atoms with Gasteiger partial charge in [0.25, 0.3) is 0 Å². The highest BCUT2D eigenvalue weighted by Gasteiger charge is 2.11. The molecular weight excluding hydrogens is 273 g/mol. The molecule has 1 aromatic carbocycles. The molecule has 0 unspecified atom stereocenters. The highest BCUT2D eigenvalue weighted by atomic mass is 35.5. The Balaban J connectivity index is 0.00000289. The molecule has 0 aliphatic rings. The predicted molar refractivity (Wildman–Crippen MR) is 78.3 cm³/mol. The van der Waals surface area contributed by atoms with Crippen LogP contribution in [0.25, 0.3) is 0 Å². The third-order valence-corrected chi connectivity index (χ3v) is 2.48. The van der Waals surface area contributed by atoms with Crippen LogP contribution in [0.3, 0.4) is 0 Å². The molecular formula is C13H19Cl2NO2. The van der Waals surface area contributed by atoms with Crippen molar-refractivity contribution in [3.8, 4) is 11.5 Å². The Morgan fingerprint density at radius 2 is 2.17 bits per heavy atom. The smallest absolute Gasteiger partial charge is 0.179 e. The summed E-state index contributed by atoms with van der Waals surface area (Å²) in [5, 5.41) is 3.78. The molecule has 0 saturated heterocycles. The average molecular weight is 292 g/mol. The maximum absolute atomic E-state index is 6.15. The average Bonchev–Trinajstić information content (AvgIpc) is 2.32. The first-order valence-corrected chi connectivity index (χ1v) is 5.91. The molecule has 0 amide bonds. The predicted octanol–water partition coefficient (Wildman–Crippen LogP) is 3.44. The Morgan fingerprint density at radius 3 is 2.72 bits per heavy atom. The summed E-state index contributed by atoms with van der Waals surface area (Å²) in [5.41, 5.74) is 1.05. The van der Waals surface area contributed by atoms with E-state index in [2.05, 4.69) is 11.9 Å². The molecule has 0 aromatic heterocycles. The van der Waals surface area contributed by atoms with Crippen LogP contribution in [-0.2, 0) is 6.54 Å². The molecule has 5 heteroatoms. The van der Waals surface area contributed by atoms with Crippen LogP contribution < -0.4 is 14.8 Å². The van der Waals surface area contributed by atoms with Crippen LogP contribution in [0.15, 0.2) is 24.8 Å². The topological polar surface area (TPSA) is 30.5 Å². The lowest BCUT2D eigenvalue weighted by Crippen LogP contribution is -2.12. The van der Waals surface area contributed by atoms with Gasteiger partial charge < -0.3 is 14.8 Å². The van der Waals surface area contributed by atoms with Gasteiger partial charge in [-0.15, -0.1) is 19.0 Å². The highest BCUT2D eigenvalue weighted by Crippen LogP contribution is 2.36. The zero-order valence-electron chi connectivity index (χ0n) is 10.7. The minimum atomic E-state index is 0. The van der Waals surface area contributed by atoms with Crippen molar-refractivity contribution in [3.05, 3.63) is 35.4 Å². The second-order valence-electron chi connectivity index (χ2n) is 3.46. The number of hydrogen-bond acceptors (Lipinski definition) is 3. The molecule has 0 aliphatic carbocycles. The Labute approximate surface area is 120 Å². The van der Waals surface area contributed by atoms with Gasteiger partial charge in [0.1, 0.15) is 0 Å². The van der Waals surface area contributed by atoms with Crippen molar-refractivity contribution in [1.29, 1.82) is 0 Å². The van der Waals surface area contributed by atoms with Crippen molar-refractivity contribution in [3.63, 3.8) is 0 Å². The normalized spacial score (nSPS) is 9.50. The highest BCUT2D eigenvalue weighted by molar-refractivity contribution is 6.32. The molecule has 3 nitrogen and oxygen atoms in total. The van der Waals surface area contributed by atoms with Gasteiger partial charge in [-0.25, -0.2) is 0 Å². The number of halogens is 2. The van der Waals surface area contributed by atoms with Crippen LogP contribution in [0, 0.1) is 0 Å². The van der Waals surface area contributed by atoms with Gasteiger partial charge in [0, 0.05) is 13.1 Å². The van der Waals surface area contributed by atoms with Crippen molar-refractivity contribution in [1.82, 2.24) is 5.32 Å². The first-order chi connectivity index (χ1) is 8.22. The molecule has 0 aliphatic heterocycles. The van der Waals surface area contributed by atoms with E-state index in [9.17, 15) is 0 Å². The minimum Gasteiger partial charge on any atom is -0.493 e. The molecule has 0 bridgehead atoms. The van der Waals surface area contributed by atoms with E-state index < -0.39 is 0 Å². The quantitative estimate of drug-likeness (QED) is 0.617. The molecule has 1 aromatic rings. The second kappa shape index (κ2) is 9.09. The minimum absolute atomic E-state index is 0. The number of rotatable bonds is 7. The van der Waals surface area contributed by atoms with E-state index >= 15 is 0 Å². The molecule has 1 rings (SSSR count). The van der Waals surface area contributed by atoms with E-state index in [1.807, 2.05) is 25.1 Å². The van der Waals surface area contributed by atoms with Crippen LogP contribution in [-0.4, -0.2) is 20.3 Å². The summed E-state index contributed by atoms with van der Waals surface area (Å²) < 4.78 is 10.7. The number of methoxy groups -OCH3 is 1. The Kier molecular flexibility index (Phi) is 8.63. The number of hydrogen-bond donors (Lipinski definition) is 1. The summed E-state index contributed by atoms with van der Waals surface area (Å²) in [5.74, 6) is 1.26. The lowest BCUT2D eigenvalue weighted by Gasteiger charge is -2.13. The monoisotopic (exact) mass is 291 g/mol. The summed E-state index contributed by atoms with van der Waals surface area (Å²) in [7, 11) is 1.61. The summed E-state index contributed by atoms with van der Waals surface area (Å²) >= 11 is 6.15. The van der Waals surface area contributed by atoms with Crippen LogP contribution in [0.1, 0.15) is 12.5 Å². The van der Waals surface area contributed by atoms with E-state index in [1.54, 1.807) is 7.11 Å². The maximum Gasteiger partial charge on any atom is 0.179 e. The Morgan fingerprint density at radius 1 is 1.44 bits per heavy atom. The van der Waals surface area contributed by atoms with Crippen molar-refractivity contribution < 1.29 is 9.47 Å². The third kappa shape index (κ3) is 4.77. The van der Waals surface area contributed by atoms with Gasteiger partial charge in [-0.1, -0.05) is 17.7 Å². The molecule has 102 valence electrons. The summed E-state index contributed by atoms with van der Waals surface area (Å²) in [6.45, 7) is 7.59. The van der Waals surface area contributed by atoms with Gasteiger partial charge in [0.2, 0.25) is 0 Å². The summed E-state index contributed by atoms with van der Waals surface area (Å²) in [6.07, 6.45) is 1.81. The molecule has 0 fully saturated rings. The maximum atomic E-state index is 6.15. The third-order valence-electron chi connectivity index (χ3n) is 2.20. The number of nitrogens with one attached hydrogen (secondary N) is 1. The van der Waals surface area contributed by atoms with Crippen LogP contribution in [0.2, 0.25) is 5.02 Å². The van der Waals surface area contributed by atoms with Crippen LogP contribution in [0.4, 0.5) is 0 Å².